The van der Waals surface area contributed by atoms with E-state index >= 15 is 0 Å². The van der Waals surface area contributed by atoms with Gasteiger partial charge < -0.3 is 20.1 Å². The summed E-state index contributed by atoms with van der Waals surface area (Å²) in [6.07, 6.45) is 0.691. The number of carbonyl (C=O) groups excluding carboxylic acids is 1. The van der Waals surface area contributed by atoms with Gasteiger partial charge in [0.15, 0.2) is 11.5 Å². The SMILES string of the molecule is COc1ccc(CCNC(=O)Nc2ccc(-c3nc(C)cs3)cc2)cc1OC. The molecule has 6 nitrogen and oxygen atoms in total. The number of amides is 2. The number of anilines is 1. The first-order chi connectivity index (χ1) is 13.6. The number of hydrogen-bond acceptors (Lipinski definition) is 5. The molecule has 2 N–H and O–H groups in total. The van der Waals surface area contributed by atoms with Gasteiger partial charge in [-0.15, -0.1) is 11.3 Å². The minimum atomic E-state index is -0.238. The molecule has 0 spiro atoms. The fraction of sp³-hybridized carbons (Fsp3) is 0.238. The number of benzene rings is 2. The van der Waals surface area contributed by atoms with Crippen LogP contribution in [0.1, 0.15) is 11.3 Å². The molecule has 0 fully saturated rings. The predicted octanol–water partition coefficient (Wildman–Crippen LogP) is 4.50. The van der Waals surface area contributed by atoms with Gasteiger partial charge in [-0.3, -0.25) is 0 Å². The zero-order valence-electron chi connectivity index (χ0n) is 16.1. The van der Waals surface area contributed by atoms with Crippen LogP contribution in [0.15, 0.2) is 47.8 Å². The maximum atomic E-state index is 12.1. The van der Waals surface area contributed by atoms with Crippen LogP contribution in [0.3, 0.4) is 0 Å². The van der Waals surface area contributed by atoms with Gasteiger partial charge in [0.25, 0.3) is 0 Å². The third-order valence-corrected chi connectivity index (χ3v) is 5.17. The highest BCUT2D eigenvalue weighted by molar-refractivity contribution is 7.13. The topological polar surface area (TPSA) is 72.5 Å². The van der Waals surface area contributed by atoms with Gasteiger partial charge in [0.05, 0.1) is 14.2 Å². The van der Waals surface area contributed by atoms with Crippen molar-refractivity contribution in [2.45, 2.75) is 13.3 Å². The summed E-state index contributed by atoms with van der Waals surface area (Å²) in [6, 6.07) is 13.2. The number of aromatic nitrogens is 1. The van der Waals surface area contributed by atoms with E-state index in [0.29, 0.717) is 24.5 Å². The number of ether oxygens (including phenoxy) is 2. The van der Waals surface area contributed by atoms with E-state index in [1.807, 2.05) is 54.8 Å². The fourth-order valence-electron chi connectivity index (χ4n) is 2.71. The van der Waals surface area contributed by atoms with Gasteiger partial charge in [-0.25, -0.2) is 9.78 Å². The summed E-state index contributed by atoms with van der Waals surface area (Å²) in [6.45, 7) is 2.49. The smallest absolute Gasteiger partial charge is 0.319 e. The van der Waals surface area contributed by atoms with Crippen LogP contribution in [0.2, 0.25) is 0 Å². The molecule has 0 radical (unpaired) electrons. The zero-order valence-corrected chi connectivity index (χ0v) is 16.9. The third kappa shape index (κ3) is 5.01. The van der Waals surface area contributed by atoms with E-state index in [9.17, 15) is 4.79 Å². The quantitative estimate of drug-likeness (QED) is 0.616. The van der Waals surface area contributed by atoms with Crippen LogP contribution in [-0.2, 0) is 6.42 Å². The van der Waals surface area contributed by atoms with Crippen LogP contribution < -0.4 is 20.1 Å². The molecule has 0 aliphatic carbocycles. The summed E-state index contributed by atoms with van der Waals surface area (Å²) < 4.78 is 10.5. The molecule has 0 aliphatic rings. The number of aryl methyl sites for hydroxylation is 1. The van der Waals surface area contributed by atoms with E-state index < -0.39 is 0 Å². The van der Waals surface area contributed by atoms with Crippen LogP contribution in [-0.4, -0.2) is 31.8 Å². The van der Waals surface area contributed by atoms with E-state index in [2.05, 4.69) is 15.6 Å². The second kappa shape index (κ2) is 9.23. The van der Waals surface area contributed by atoms with Crippen molar-refractivity contribution in [3.63, 3.8) is 0 Å². The third-order valence-electron chi connectivity index (χ3n) is 4.16. The highest BCUT2D eigenvalue weighted by atomic mass is 32.1. The number of methoxy groups -OCH3 is 2. The van der Waals surface area contributed by atoms with Crippen LogP contribution in [0, 0.1) is 6.92 Å². The molecule has 1 aromatic heterocycles. The Hall–Kier alpha value is -3.06. The normalized spacial score (nSPS) is 10.4. The number of nitrogens with zero attached hydrogens (tertiary/aromatic N) is 1. The van der Waals surface area contributed by atoms with E-state index in [4.69, 9.17) is 9.47 Å². The largest absolute Gasteiger partial charge is 0.493 e. The second-order valence-electron chi connectivity index (χ2n) is 6.19. The van der Waals surface area contributed by atoms with Crippen LogP contribution in [0.5, 0.6) is 11.5 Å². The average molecular weight is 398 g/mol. The number of thiazole rings is 1. The van der Waals surface area contributed by atoms with Crippen molar-refractivity contribution < 1.29 is 14.3 Å². The summed E-state index contributed by atoms with van der Waals surface area (Å²) in [5, 5.41) is 8.70. The van der Waals surface area contributed by atoms with Crippen molar-refractivity contribution >= 4 is 23.1 Å². The van der Waals surface area contributed by atoms with Crippen molar-refractivity contribution in [1.82, 2.24) is 10.3 Å². The lowest BCUT2D eigenvalue weighted by Crippen LogP contribution is -2.30. The average Bonchev–Trinajstić information content (AvgIpc) is 3.14. The maximum Gasteiger partial charge on any atom is 0.319 e. The van der Waals surface area contributed by atoms with Crippen molar-refractivity contribution in [3.8, 4) is 22.1 Å². The number of rotatable bonds is 7. The summed E-state index contributed by atoms with van der Waals surface area (Å²) in [4.78, 5) is 16.6. The first-order valence-electron chi connectivity index (χ1n) is 8.87. The molecule has 1 heterocycles. The Morgan fingerprint density at radius 3 is 2.46 bits per heavy atom. The molecule has 28 heavy (non-hydrogen) atoms. The van der Waals surface area contributed by atoms with Crippen molar-refractivity contribution in [2.75, 3.05) is 26.1 Å². The Morgan fingerprint density at radius 2 is 1.82 bits per heavy atom. The Labute approximate surface area is 168 Å². The lowest BCUT2D eigenvalue weighted by Gasteiger charge is -2.11. The van der Waals surface area contributed by atoms with E-state index in [0.717, 1.165) is 27.5 Å². The predicted molar refractivity (Wildman–Crippen MR) is 113 cm³/mol. The molecule has 0 aliphatic heterocycles. The molecule has 2 amide bonds. The van der Waals surface area contributed by atoms with Gasteiger partial charge in [-0.05, 0) is 55.3 Å². The molecule has 0 unspecified atom stereocenters. The molecule has 0 saturated carbocycles. The number of nitrogens with one attached hydrogen (secondary N) is 2. The van der Waals surface area contributed by atoms with E-state index in [1.54, 1.807) is 25.6 Å². The lowest BCUT2D eigenvalue weighted by molar-refractivity contribution is 0.252. The van der Waals surface area contributed by atoms with Crippen molar-refractivity contribution in [2.24, 2.45) is 0 Å². The van der Waals surface area contributed by atoms with Gasteiger partial charge in [-0.1, -0.05) is 6.07 Å². The Bertz CT molecular complexity index is 938. The minimum absolute atomic E-state index is 0.238. The maximum absolute atomic E-state index is 12.1. The Kier molecular flexibility index (Phi) is 6.49. The molecular weight excluding hydrogens is 374 g/mol. The molecule has 7 heteroatoms. The summed E-state index contributed by atoms with van der Waals surface area (Å²) in [5.74, 6) is 1.37. The van der Waals surface area contributed by atoms with Crippen molar-refractivity contribution in [3.05, 3.63) is 59.1 Å². The molecule has 146 valence electrons. The van der Waals surface area contributed by atoms with Crippen LogP contribution in [0.25, 0.3) is 10.6 Å². The molecule has 0 bridgehead atoms. The first kappa shape index (κ1) is 19.7. The first-order valence-corrected chi connectivity index (χ1v) is 9.75. The Balaban J connectivity index is 1.49. The van der Waals surface area contributed by atoms with Gasteiger partial charge in [0.2, 0.25) is 0 Å². The van der Waals surface area contributed by atoms with Crippen LogP contribution in [0.4, 0.5) is 10.5 Å². The number of hydrogen-bond donors (Lipinski definition) is 2. The monoisotopic (exact) mass is 397 g/mol. The summed E-state index contributed by atoms with van der Waals surface area (Å²) in [5.41, 5.74) is 3.84. The fourth-order valence-corrected chi connectivity index (χ4v) is 3.52. The van der Waals surface area contributed by atoms with Gasteiger partial charge >= 0.3 is 6.03 Å². The standard InChI is InChI=1S/C21H23N3O3S/c1-14-13-28-20(23-14)16-5-7-17(8-6-16)24-21(25)22-11-10-15-4-9-18(26-2)19(12-15)27-3/h4-9,12-13H,10-11H2,1-3H3,(H2,22,24,25). The summed E-state index contributed by atoms with van der Waals surface area (Å²) >= 11 is 1.61. The molecular formula is C21H23N3O3S. The van der Waals surface area contributed by atoms with Gasteiger partial charge in [0.1, 0.15) is 5.01 Å². The van der Waals surface area contributed by atoms with Gasteiger partial charge in [-0.2, -0.15) is 0 Å². The molecule has 3 aromatic rings. The highest BCUT2D eigenvalue weighted by Gasteiger charge is 2.07. The van der Waals surface area contributed by atoms with E-state index in [-0.39, 0.29) is 6.03 Å². The summed E-state index contributed by atoms with van der Waals surface area (Å²) in [7, 11) is 3.21. The molecule has 2 aromatic carbocycles. The lowest BCUT2D eigenvalue weighted by atomic mass is 10.1. The van der Waals surface area contributed by atoms with Crippen LogP contribution >= 0.6 is 11.3 Å². The molecule has 0 saturated heterocycles. The zero-order chi connectivity index (χ0) is 19.9. The van der Waals surface area contributed by atoms with Crippen molar-refractivity contribution in [1.29, 1.82) is 0 Å². The number of urea groups is 1. The molecule has 0 atom stereocenters. The van der Waals surface area contributed by atoms with E-state index in [1.165, 1.54) is 0 Å². The second-order valence-corrected chi connectivity index (χ2v) is 7.05. The highest BCUT2D eigenvalue weighted by Crippen LogP contribution is 2.27. The van der Waals surface area contributed by atoms with Gasteiger partial charge in [0, 0.05) is 28.9 Å². The molecule has 3 rings (SSSR count). The number of carbonyl (C=O) groups is 1. The Morgan fingerprint density at radius 1 is 1.07 bits per heavy atom. The minimum Gasteiger partial charge on any atom is -0.493 e.